The smallest absolute Gasteiger partial charge is 0.271 e. The molecule has 114 valence electrons. The molecular weight excluding hydrogens is 280 g/mol. The molecule has 1 aromatic heterocycles. The number of amides is 1. The van der Waals surface area contributed by atoms with Gasteiger partial charge in [0.25, 0.3) is 11.5 Å². The number of carbonyl (C=O) groups excluding carboxylic acids is 1. The van der Waals surface area contributed by atoms with E-state index in [9.17, 15) is 9.59 Å². The first kappa shape index (κ1) is 14.3. The van der Waals surface area contributed by atoms with Crippen molar-refractivity contribution in [3.05, 3.63) is 58.5 Å². The minimum Gasteiger partial charge on any atom is -0.369 e. The number of aromatic nitrogens is 2. The zero-order valence-electron chi connectivity index (χ0n) is 12.2. The van der Waals surface area contributed by atoms with Gasteiger partial charge in [-0.3, -0.25) is 9.59 Å². The lowest BCUT2D eigenvalue weighted by Gasteiger charge is -2.34. The number of benzene rings is 1. The minimum absolute atomic E-state index is 0.0789. The average molecular weight is 298 g/mol. The number of piperidine rings is 1. The zero-order chi connectivity index (χ0) is 15.4. The summed E-state index contributed by atoms with van der Waals surface area (Å²) in [6.07, 6.45) is 1.97. The van der Waals surface area contributed by atoms with Crippen molar-refractivity contribution < 1.29 is 4.79 Å². The second-order valence-corrected chi connectivity index (χ2v) is 5.40. The largest absolute Gasteiger partial charge is 0.369 e. The van der Waals surface area contributed by atoms with Crippen LogP contribution in [0.2, 0.25) is 0 Å². The summed E-state index contributed by atoms with van der Waals surface area (Å²) in [6, 6.07) is 13.0. The Morgan fingerprint density at radius 1 is 1.23 bits per heavy atom. The summed E-state index contributed by atoms with van der Waals surface area (Å²) in [6.45, 7) is 1.77. The molecular formula is C16H18N4O2. The Balaban J connectivity index is 1.64. The van der Waals surface area contributed by atoms with Gasteiger partial charge in [-0.1, -0.05) is 18.2 Å². The van der Waals surface area contributed by atoms with Crippen LogP contribution in [0.4, 0.5) is 5.69 Å². The van der Waals surface area contributed by atoms with E-state index in [0.29, 0.717) is 0 Å². The first-order valence-electron chi connectivity index (χ1n) is 7.39. The summed E-state index contributed by atoms with van der Waals surface area (Å²) < 4.78 is 0. The van der Waals surface area contributed by atoms with Crippen molar-refractivity contribution in [3.63, 3.8) is 0 Å². The molecule has 0 saturated carbocycles. The molecule has 1 amide bonds. The highest BCUT2D eigenvalue weighted by Crippen LogP contribution is 2.19. The average Bonchev–Trinajstić information content (AvgIpc) is 2.56. The van der Waals surface area contributed by atoms with Crippen LogP contribution in [0.3, 0.4) is 0 Å². The third-order valence-corrected chi connectivity index (χ3v) is 3.79. The molecule has 3 rings (SSSR count). The van der Waals surface area contributed by atoms with E-state index in [1.54, 1.807) is 0 Å². The molecule has 6 nitrogen and oxygen atoms in total. The van der Waals surface area contributed by atoms with Crippen LogP contribution < -0.4 is 15.8 Å². The first-order chi connectivity index (χ1) is 10.7. The van der Waals surface area contributed by atoms with Crippen LogP contribution in [0.15, 0.2) is 47.3 Å². The van der Waals surface area contributed by atoms with Crippen LogP contribution in [0.25, 0.3) is 0 Å². The van der Waals surface area contributed by atoms with E-state index in [1.807, 2.05) is 18.2 Å². The molecule has 2 N–H and O–H groups in total. The number of anilines is 1. The topological polar surface area (TPSA) is 78.1 Å². The summed E-state index contributed by atoms with van der Waals surface area (Å²) in [4.78, 5) is 25.4. The highest BCUT2D eigenvalue weighted by atomic mass is 16.2. The van der Waals surface area contributed by atoms with Crippen LogP contribution in [-0.4, -0.2) is 35.2 Å². The Hall–Kier alpha value is -2.63. The summed E-state index contributed by atoms with van der Waals surface area (Å²) in [5.74, 6) is -0.254. The molecule has 2 heterocycles. The van der Waals surface area contributed by atoms with E-state index in [4.69, 9.17) is 0 Å². The van der Waals surface area contributed by atoms with E-state index < -0.39 is 0 Å². The predicted molar refractivity (Wildman–Crippen MR) is 84.0 cm³/mol. The Morgan fingerprint density at radius 3 is 2.77 bits per heavy atom. The second-order valence-electron chi connectivity index (χ2n) is 5.40. The van der Waals surface area contributed by atoms with Gasteiger partial charge in [0.05, 0.1) is 0 Å². The standard InChI is InChI=1S/C16H18N4O2/c21-15-9-8-14(18-19-15)16(22)17-12-5-4-10-20(11-12)13-6-2-1-3-7-13/h1-3,6-9,12H,4-5,10-11H2,(H,17,22)(H,19,21). The molecule has 2 aromatic rings. The SMILES string of the molecule is O=C(NC1CCCN(c2ccccc2)C1)c1ccc(=O)[nH]n1. The van der Waals surface area contributed by atoms with Gasteiger partial charge in [0.1, 0.15) is 5.69 Å². The molecule has 1 fully saturated rings. The van der Waals surface area contributed by atoms with Gasteiger partial charge < -0.3 is 10.2 Å². The van der Waals surface area contributed by atoms with E-state index >= 15 is 0 Å². The Kier molecular flexibility index (Phi) is 4.18. The monoisotopic (exact) mass is 298 g/mol. The summed E-state index contributed by atoms with van der Waals surface area (Å²) in [5, 5.41) is 9.02. The Labute approximate surface area is 128 Å². The molecule has 1 aliphatic heterocycles. The first-order valence-corrected chi connectivity index (χ1v) is 7.39. The number of hydrogen-bond acceptors (Lipinski definition) is 4. The van der Waals surface area contributed by atoms with Gasteiger partial charge in [-0.25, -0.2) is 5.10 Å². The van der Waals surface area contributed by atoms with Crippen molar-refractivity contribution in [2.75, 3.05) is 18.0 Å². The maximum Gasteiger partial charge on any atom is 0.271 e. The molecule has 0 radical (unpaired) electrons. The number of H-pyrrole nitrogens is 1. The molecule has 6 heteroatoms. The third kappa shape index (κ3) is 3.33. The number of rotatable bonds is 3. The van der Waals surface area contributed by atoms with Crippen LogP contribution in [-0.2, 0) is 0 Å². The molecule has 0 spiro atoms. The van der Waals surface area contributed by atoms with Crippen molar-refractivity contribution >= 4 is 11.6 Å². The Morgan fingerprint density at radius 2 is 2.05 bits per heavy atom. The van der Waals surface area contributed by atoms with Crippen LogP contribution in [0.5, 0.6) is 0 Å². The van der Waals surface area contributed by atoms with Crippen LogP contribution in [0, 0.1) is 0 Å². The van der Waals surface area contributed by atoms with E-state index in [1.165, 1.54) is 17.8 Å². The number of para-hydroxylation sites is 1. The molecule has 1 unspecified atom stereocenters. The quantitative estimate of drug-likeness (QED) is 0.891. The lowest BCUT2D eigenvalue weighted by Crippen LogP contribution is -2.48. The number of aromatic amines is 1. The van der Waals surface area contributed by atoms with Gasteiger partial charge in [0.15, 0.2) is 0 Å². The molecule has 1 saturated heterocycles. The van der Waals surface area contributed by atoms with E-state index in [-0.39, 0.29) is 23.2 Å². The van der Waals surface area contributed by atoms with Gasteiger partial charge in [-0.2, -0.15) is 5.10 Å². The molecule has 1 atom stereocenters. The van der Waals surface area contributed by atoms with Gasteiger partial charge in [0.2, 0.25) is 0 Å². The number of carbonyl (C=O) groups is 1. The van der Waals surface area contributed by atoms with Gasteiger partial charge in [0, 0.05) is 30.9 Å². The maximum atomic E-state index is 12.2. The fraction of sp³-hybridized carbons (Fsp3) is 0.312. The lowest BCUT2D eigenvalue weighted by atomic mass is 10.0. The molecule has 1 aromatic carbocycles. The Bertz CT molecular complexity index is 678. The highest BCUT2D eigenvalue weighted by molar-refractivity contribution is 5.92. The number of nitrogens with zero attached hydrogens (tertiary/aromatic N) is 2. The van der Waals surface area contributed by atoms with Crippen LogP contribution >= 0.6 is 0 Å². The summed E-state index contributed by atoms with van der Waals surface area (Å²) in [5.41, 5.74) is 1.09. The van der Waals surface area contributed by atoms with Crippen LogP contribution in [0.1, 0.15) is 23.3 Å². The van der Waals surface area contributed by atoms with Crippen molar-refractivity contribution in [2.24, 2.45) is 0 Å². The van der Waals surface area contributed by atoms with E-state index in [2.05, 4.69) is 32.5 Å². The van der Waals surface area contributed by atoms with Crippen molar-refractivity contribution in [1.29, 1.82) is 0 Å². The predicted octanol–water partition coefficient (Wildman–Crippen LogP) is 1.17. The maximum absolute atomic E-state index is 12.2. The molecule has 1 aliphatic rings. The molecule has 0 bridgehead atoms. The van der Waals surface area contributed by atoms with Gasteiger partial charge in [-0.15, -0.1) is 0 Å². The van der Waals surface area contributed by atoms with E-state index in [0.717, 1.165) is 25.9 Å². The fourth-order valence-corrected chi connectivity index (χ4v) is 2.70. The second kappa shape index (κ2) is 6.43. The molecule has 22 heavy (non-hydrogen) atoms. The number of nitrogens with one attached hydrogen (secondary N) is 2. The normalized spacial score (nSPS) is 18.0. The summed E-state index contributed by atoms with van der Waals surface area (Å²) in [7, 11) is 0. The fourth-order valence-electron chi connectivity index (χ4n) is 2.70. The zero-order valence-corrected chi connectivity index (χ0v) is 12.2. The molecule has 0 aliphatic carbocycles. The van der Waals surface area contributed by atoms with Crippen molar-refractivity contribution in [1.82, 2.24) is 15.5 Å². The number of hydrogen-bond donors (Lipinski definition) is 2. The van der Waals surface area contributed by atoms with Crippen molar-refractivity contribution in [3.8, 4) is 0 Å². The summed E-state index contributed by atoms with van der Waals surface area (Å²) >= 11 is 0. The highest BCUT2D eigenvalue weighted by Gasteiger charge is 2.22. The lowest BCUT2D eigenvalue weighted by molar-refractivity contribution is 0.0927. The van der Waals surface area contributed by atoms with Gasteiger partial charge >= 0.3 is 0 Å². The van der Waals surface area contributed by atoms with Gasteiger partial charge in [-0.05, 0) is 31.0 Å². The third-order valence-electron chi connectivity index (χ3n) is 3.79. The minimum atomic E-state index is -0.315. The van der Waals surface area contributed by atoms with Crippen molar-refractivity contribution in [2.45, 2.75) is 18.9 Å².